The molecule has 4 N–H and O–H groups in total. The van der Waals surface area contributed by atoms with Gasteiger partial charge in [-0.2, -0.15) is 0 Å². The number of fused-ring (bicyclic) bond motifs is 1. The molecule has 210 valence electrons. The highest BCUT2D eigenvalue weighted by Gasteiger charge is 2.27. The molecule has 0 spiro atoms. The monoisotopic (exact) mass is 589 g/mol. The van der Waals surface area contributed by atoms with Gasteiger partial charge in [0.1, 0.15) is 18.2 Å². The number of aromatic nitrogens is 2. The van der Waals surface area contributed by atoms with Gasteiger partial charge in [-0.25, -0.2) is 13.4 Å². The summed E-state index contributed by atoms with van der Waals surface area (Å²) in [6.45, 7) is -0.193. The lowest BCUT2D eigenvalue weighted by Crippen LogP contribution is -2.35. The molecule has 41 heavy (non-hydrogen) atoms. The first-order chi connectivity index (χ1) is 19.2. The van der Waals surface area contributed by atoms with Crippen LogP contribution in [0, 0.1) is 5.41 Å². The highest BCUT2D eigenvalue weighted by molar-refractivity contribution is 7.92. The molecule has 0 aliphatic rings. The summed E-state index contributed by atoms with van der Waals surface area (Å²) in [4.78, 5) is 16.6. The Morgan fingerprint density at radius 2 is 1.54 bits per heavy atom. The van der Waals surface area contributed by atoms with Crippen LogP contribution in [-0.2, 0) is 27.8 Å². The fourth-order valence-corrected chi connectivity index (χ4v) is 5.97. The van der Waals surface area contributed by atoms with Gasteiger partial charge in [0, 0.05) is 18.5 Å². The maximum Gasteiger partial charge on any atom is 0.324 e. The second-order valence-corrected chi connectivity index (χ2v) is 11.1. The second-order valence-electron chi connectivity index (χ2n) is 9.28. The van der Waals surface area contributed by atoms with E-state index in [0.29, 0.717) is 24.0 Å². The lowest BCUT2D eigenvalue weighted by Gasteiger charge is -2.22. The largest absolute Gasteiger partial charge is 0.480 e. The fraction of sp³-hybridized carbons (Fsp3) is 0.100. The van der Waals surface area contributed by atoms with Crippen molar-refractivity contribution in [2.24, 2.45) is 5.73 Å². The molecule has 0 atom stereocenters. The molecule has 0 amide bonds. The van der Waals surface area contributed by atoms with Crippen LogP contribution in [0.1, 0.15) is 22.5 Å². The quantitative estimate of drug-likeness (QED) is 0.160. The summed E-state index contributed by atoms with van der Waals surface area (Å²) in [7, 11) is -4.14. The first-order valence-electron chi connectivity index (χ1n) is 12.5. The number of hydrogen-bond donors (Lipinski definition) is 3. The Bertz CT molecular complexity index is 1790. The Balaban J connectivity index is 0.00000387. The molecule has 0 radical (unpaired) electrons. The predicted molar refractivity (Wildman–Crippen MR) is 161 cm³/mol. The van der Waals surface area contributed by atoms with E-state index in [2.05, 4.69) is 4.57 Å². The van der Waals surface area contributed by atoms with Gasteiger partial charge in [-0.05, 0) is 41.5 Å². The SMILES string of the molecule is Cl.N=C(N)c1ccc(Cc2nc3cc(N(CC(=O)O)S(=O)(=O)c4ccccc4)ccc3n2Cc2ccccc2)cc1. The van der Waals surface area contributed by atoms with Crippen LogP contribution in [0.2, 0.25) is 0 Å². The molecule has 5 aromatic rings. The number of carbonyl (C=O) groups is 1. The Hall–Kier alpha value is -4.67. The highest BCUT2D eigenvalue weighted by Crippen LogP contribution is 2.29. The zero-order valence-electron chi connectivity index (χ0n) is 21.8. The molecule has 4 aromatic carbocycles. The Kier molecular flexibility index (Phi) is 8.75. The molecule has 5 rings (SSSR count). The third-order valence-corrected chi connectivity index (χ3v) is 8.31. The first-order valence-corrected chi connectivity index (χ1v) is 13.9. The first kappa shape index (κ1) is 29.3. The van der Waals surface area contributed by atoms with E-state index < -0.39 is 22.5 Å². The predicted octanol–water partition coefficient (Wildman–Crippen LogP) is 4.66. The van der Waals surface area contributed by atoms with Crippen molar-refractivity contribution < 1.29 is 18.3 Å². The minimum absolute atomic E-state index is 0. The average Bonchev–Trinajstić information content (AvgIpc) is 3.28. The topological polar surface area (TPSA) is 142 Å². The van der Waals surface area contributed by atoms with Crippen LogP contribution in [0.5, 0.6) is 0 Å². The molecular formula is C30H28ClN5O4S. The third-order valence-electron chi connectivity index (χ3n) is 6.52. The average molecular weight is 590 g/mol. The van der Waals surface area contributed by atoms with Crippen LogP contribution < -0.4 is 10.0 Å². The highest BCUT2D eigenvalue weighted by atomic mass is 35.5. The summed E-state index contributed by atoms with van der Waals surface area (Å²) in [5.74, 6) is -0.530. The van der Waals surface area contributed by atoms with Gasteiger partial charge in [0.25, 0.3) is 10.0 Å². The molecule has 1 aromatic heterocycles. The van der Waals surface area contributed by atoms with Crippen molar-refractivity contribution >= 4 is 51.0 Å². The van der Waals surface area contributed by atoms with E-state index in [0.717, 1.165) is 26.8 Å². The normalized spacial score (nSPS) is 11.1. The van der Waals surface area contributed by atoms with E-state index in [1.165, 1.54) is 12.1 Å². The van der Waals surface area contributed by atoms with Crippen molar-refractivity contribution in [3.05, 3.63) is 126 Å². The van der Waals surface area contributed by atoms with Gasteiger partial charge in [-0.15, -0.1) is 12.4 Å². The van der Waals surface area contributed by atoms with Crippen molar-refractivity contribution in [3.63, 3.8) is 0 Å². The molecule has 0 saturated heterocycles. The Morgan fingerprint density at radius 3 is 2.15 bits per heavy atom. The van der Waals surface area contributed by atoms with Gasteiger partial charge in [0.15, 0.2) is 0 Å². The number of anilines is 1. The van der Waals surface area contributed by atoms with E-state index in [1.54, 1.807) is 48.5 Å². The number of hydrogen-bond acceptors (Lipinski definition) is 5. The van der Waals surface area contributed by atoms with E-state index in [9.17, 15) is 18.3 Å². The zero-order chi connectivity index (χ0) is 28.3. The van der Waals surface area contributed by atoms with Crippen molar-refractivity contribution in [2.75, 3.05) is 10.8 Å². The van der Waals surface area contributed by atoms with Crippen molar-refractivity contribution in [1.82, 2.24) is 9.55 Å². The zero-order valence-corrected chi connectivity index (χ0v) is 23.5. The van der Waals surface area contributed by atoms with Crippen molar-refractivity contribution in [1.29, 1.82) is 5.41 Å². The number of carboxylic acid groups (broad SMARTS) is 1. The summed E-state index contributed by atoms with van der Waals surface area (Å²) in [5.41, 5.74) is 9.80. The standard InChI is InChI=1S/C30H27N5O4S.ClH/c31-30(32)23-13-11-21(12-14-23)17-28-33-26-18-24(15-16-27(26)34(28)19-22-7-3-1-4-8-22)35(20-29(36)37)40(38,39)25-9-5-2-6-10-25;/h1-16,18H,17,19-20H2,(H3,31,32)(H,36,37);1H. The van der Waals surface area contributed by atoms with E-state index in [1.807, 2.05) is 42.5 Å². The van der Waals surface area contributed by atoms with E-state index >= 15 is 0 Å². The van der Waals surface area contributed by atoms with Gasteiger partial charge in [0.2, 0.25) is 0 Å². The fourth-order valence-electron chi connectivity index (χ4n) is 4.54. The molecule has 0 aliphatic carbocycles. The number of amidine groups is 1. The smallest absolute Gasteiger partial charge is 0.324 e. The summed E-state index contributed by atoms with van der Waals surface area (Å²) < 4.78 is 29.9. The number of halogens is 1. The molecule has 0 saturated carbocycles. The summed E-state index contributed by atoms with van der Waals surface area (Å²) in [6.07, 6.45) is 0.482. The van der Waals surface area contributed by atoms with Crippen molar-refractivity contribution in [2.45, 2.75) is 17.9 Å². The minimum atomic E-state index is -4.14. The van der Waals surface area contributed by atoms with Gasteiger partial charge < -0.3 is 15.4 Å². The summed E-state index contributed by atoms with van der Waals surface area (Å²) in [6, 6.07) is 30.0. The number of benzene rings is 4. The van der Waals surface area contributed by atoms with Crippen LogP contribution in [-0.4, -0.2) is 41.4 Å². The number of sulfonamides is 1. The number of imidazole rings is 1. The van der Waals surface area contributed by atoms with Crippen LogP contribution in [0.4, 0.5) is 5.69 Å². The molecule has 11 heteroatoms. The maximum atomic E-state index is 13.4. The van der Waals surface area contributed by atoms with Crippen LogP contribution in [0.15, 0.2) is 108 Å². The maximum absolute atomic E-state index is 13.4. The molecular weight excluding hydrogens is 562 g/mol. The number of nitrogens with one attached hydrogen (secondary N) is 1. The van der Waals surface area contributed by atoms with Crippen LogP contribution in [0.3, 0.4) is 0 Å². The summed E-state index contributed by atoms with van der Waals surface area (Å²) >= 11 is 0. The van der Waals surface area contributed by atoms with E-state index in [-0.39, 0.29) is 28.8 Å². The van der Waals surface area contributed by atoms with Gasteiger partial charge in [-0.1, -0.05) is 72.8 Å². The lowest BCUT2D eigenvalue weighted by molar-refractivity contribution is -0.135. The third kappa shape index (κ3) is 6.40. The summed E-state index contributed by atoms with van der Waals surface area (Å²) in [5, 5.41) is 17.2. The van der Waals surface area contributed by atoms with Gasteiger partial charge >= 0.3 is 5.97 Å². The molecule has 1 heterocycles. The van der Waals surface area contributed by atoms with E-state index in [4.69, 9.17) is 16.1 Å². The van der Waals surface area contributed by atoms with Crippen molar-refractivity contribution in [3.8, 4) is 0 Å². The number of nitrogens with zero attached hydrogens (tertiary/aromatic N) is 3. The van der Waals surface area contributed by atoms with Crippen LogP contribution >= 0.6 is 12.4 Å². The number of nitrogens with two attached hydrogens (primary N) is 1. The number of nitrogen functional groups attached to an aromatic ring is 1. The van der Waals surface area contributed by atoms with Crippen LogP contribution in [0.25, 0.3) is 11.0 Å². The number of aliphatic carboxylic acids is 1. The number of rotatable bonds is 10. The molecule has 0 bridgehead atoms. The molecule has 0 aliphatic heterocycles. The minimum Gasteiger partial charge on any atom is -0.480 e. The molecule has 0 unspecified atom stereocenters. The van der Waals surface area contributed by atoms with Gasteiger partial charge in [0.05, 0.1) is 21.6 Å². The lowest BCUT2D eigenvalue weighted by atomic mass is 10.1. The Morgan fingerprint density at radius 1 is 0.902 bits per heavy atom. The number of carboxylic acids is 1. The molecule has 9 nitrogen and oxygen atoms in total. The second kappa shape index (κ2) is 12.2. The van der Waals surface area contributed by atoms with Gasteiger partial charge in [-0.3, -0.25) is 14.5 Å². The Labute approximate surface area is 243 Å². The molecule has 0 fully saturated rings.